The summed E-state index contributed by atoms with van der Waals surface area (Å²) < 4.78 is 26.8. The molecular formula is C7H17N3O2S. The molecule has 1 aliphatic rings. The Morgan fingerprint density at radius 1 is 1.46 bits per heavy atom. The zero-order valence-electron chi connectivity index (χ0n) is 8.24. The molecule has 0 spiro atoms. The summed E-state index contributed by atoms with van der Waals surface area (Å²) >= 11 is 0. The molecule has 1 saturated heterocycles. The average Bonchev–Trinajstić information content (AvgIpc) is 1.79. The lowest BCUT2D eigenvalue weighted by atomic mass is 9.97. The molecular weight excluding hydrogens is 190 g/mol. The summed E-state index contributed by atoms with van der Waals surface area (Å²) in [7, 11) is -3.29. The molecule has 1 rings (SSSR count). The molecule has 0 saturated carbocycles. The van der Waals surface area contributed by atoms with Gasteiger partial charge < -0.3 is 5.73 Å². The van der Waals surface area contributed by atoms with Crippen LogP contribution >= 0.6 is 0 Å². The Morgan fingerprint density at radius 3 is 2.23 bits per heavy atom. The minimum Gasteiger partial charge on any atom is -0.323 e. The number of nitrogens with one attached hydrogen (secondary N) is 1. The highest BCUT2D eigenvalue weighted by atomic mass is 32.2. The van der Waals surface area contributed by atoms with Gasteiger partial charge in [-0.2, -0.15) is 17.4 Å². The Hall–Kier alpha value is -0.170. The van der Waals surface area contributed by atoms with Gasteiger partial charge in [0, 0.05) is 24.7 Å². The second kappa shape index (κ2) is 3.20. The fourth-order valence-corrected chi connectivity index (χ4v) is 2.98. The van der Waals surface area contributed by atoms with Crippen molar-refractivity contribution in [1.82, 2.24) is 9.03 Å². The molecule has 0 unspecified atom stereocenters. The third kappa shape index (κ3) is 2.63. The summed E-state index contributed by atoms with van der Waals surface area (Å²) in [4.78, 5) is 0. The van der Waals surface area contributed by atoms with Crippen molar-refractivity contribution in [2.45, 2.75) is 32.4 Å². The standard InChI is InChI=1S/C7H17N3O2S/c1-6(2)9-13(11,12)10-4-7(3,8)5-10/h6,9H,4-5,8H2,1-3H3. The highest BCUT2D eigenvalue weighted by Gasteiger charge is 2.41. The quantitative estimate of drug-likeness (QED) is 0.640. The van der Waals surface area contributed by atoms with Crippen LogP contribution in [0.15, 0.2) is 0 Å². The number of nitrogens with zero attached hydrogens (tertiary/aromatic N) is 1. The Balaban J connectivity index is 2.55. The van der Waals surface area contributed by atoms with Crippen molar-refractivity contribution >= 4 is 10.2 Å². The fraction of sp³-hybridized carbons (Fsp3) is 1.00. The molecule has 13 heavy (non-hydrogen) atoms. The van der Waals surface area contributed by atoms with Gasteiger partial charge in [0.1, 0.15) is 0 Å². The van der Waals surface area contributed by atoms with E-state index in [9.17, 15) is 8.42 Å². The molecule has 3 N–H and O–H groups in total. The summed E-state index contributed by atoms with van der Waals surface area (Å²) in [5, 5.41) is 0. The number of hydrogen-bond acceptors (Lipinski definition) is 3. The SMILES string of the molecule is CC(C)NS(=O)(=O)N1CC(C)(N)C1. The van der Waals surface area contributed by atoms with Crippen LogP contribution in [0.1, 0.15) is 20.8 Å². The molecule has 78 valence electrons. The first kappa shape index (κ1) is 10.9. The van der Waals surface area contributed by atoms with Gasteiger partial charge in [0.25, 0.3) is 10.2 Å². The van der Waals surface area contributed by atoms with Crippen LogP contribution < -0.4 is 10.5 Å². The van der Waals surface area contributed by atoms with Crippen LogP contribution in [-0.2, 0) is 10.2 Å². The third-order valence-electron chi connectivity index (χ3n) is 1.80. The number of nitrogens with two attached hydrogens (primary N) is 1. The van der Waals surface area contributed by atoms with Crippen molar-refractivity contribution in [3.63, 3.8) is 0 Å². The maximum absolute atomic E-state index is 11.5. The molecule has 1 aliphatic heterocycles. The lowest BCUT2D eigenvalue weighted by Crippen LogP contribution is -2.68. The second-order valence-electron chi connectivity index (χ2n) is 4.20. The van der Waals surface area contributed by atoms with Crippen molar-refractivity contribution in [2.75, 3.05) is 13.1 Å². The maximum Gasteiger partial charge on any atom is 0.279 e. The van der Waals surface area contributed by atoms with Crippen LogP contribution in [0, 0.1) is 0 Å². The molecule has 1 heterocycles. The highest BCUT2D eigenvalue weighted by molar-refractivity contribution is 7.87. The first-order valence-corrected chi connectivity index (χ1v) is 5.73. The van der Waals surface area contributed by atoms with E-state index in [0.29, 0.717) is 13.1 Å². The summed E-state index contributed by atoms with van der Waals surface area (Å²) in [6.45, 7) is 6.22. The number of rotatable bonds is 3. The summed E-state index contributed by atoms with van der Waals surface area (Å²) in [6, 6.07) is -0.0744. The molecule has 0 aromatic carbocycles. The van der Waals surface area contributed by atoms with Crippen molar-refractivity contribution in [2.24, 2.45) is 5.73 Å². The van der Waals surface area contributed by atoms with E-state index in [1.807, 2.05) is 6.92 Å². The van der Waals surface area contributed by atoms with Gasteiger partial charge in [-0.1, -0.05) is 0 Å². The van der Waals surface area contributed by atoms with Gasteiger partial charge in [-0.15, -0.1) is 0 Å². The predicted molar refractivity (Wildman–Crippen MR) is 51.4 cm³/mol. The molecule has 0 aromatic rings. The first-order chi connectivity index (χ1) is 5.73. The summed E-state index contributed by atoms with van der Waals surface area (Å²) in [6.07, 6.45) is 0. The van der Waals surface area contributed by atoms with E-state index >= 15 is 0 Å². The van der Waals surface area contributed by atoms with E-state index in [1.54, 1.807) is 13.8 Å². The van der Waals surface area contributed by atoms with Crippen LogP contribution in [-0.4, -0.2) is 37.4 Å². The molecule has 0 radical (unpaired) electrons. The van der Waals surface area contributed by atoms with Crippen molar-refractivity contribution in [3.05, 3.63) is 0 Å². The molecule has 1 fully saturated rings. The van der Waals surface area contributed by atoms with Gasteiger partial charge in [0.15, 0.2) is 0 Å². The van der Waals surface area contributed by atoms with Crippen LogP contribution in [0.25, 0.3) is 0 Å². The van der Waals surface area contributed by atoms with Crippen LogP contribution in [0.5, 0.6) is 0 Å². The smallest absolute Gasteiger partial charge is 0.279 e. The molecule has 5 nitrogen and oxygen atoms in total. The molecule has 0 aliphatic carbocycles. The second-order valence-corrected chi connectivity index (χ2v) is 5.90. The Labute approximate surface area is 79.5 Å². The zero-order valence-corrected chi connectivity index (χ0v) is 9.06. The maximum atomic E-state index is 11.5. The molecule has 6 heteroatoms. The van der Waals surface area contributed by atoms with Gasteiger partial charge in [0.2, 0.25) is 0 Å². The van der Waals surface area contributed by atoms with E-state index in [0.717, 1.165) is 0 Å². The van der Waals surface area contributed by atoms with E-state index in [2.05, 4.69) is 4.72 Å². The van der Waals surface area contributed by atoms with Gasteiger partial charge in [-0.3, -0.25) is 0 Å². The van der Waals surface area contributed by atoms with Crippen molar-refractivity contribution in [1.29, 1.82) is 0 Å². The van der Waals surface area contributed by atoms with E-state index in [-0.39, 0.29) is 11.6 Å². The fourth-order valence-electron chi connectivity index (χ4n) is 1.30. The Kier molecular flexibility index (Phi) is 2.68. The van der Waals surface area contributed by atoms with Gasteiger partial charge >= 0.3 is 0 Å². The lowest BCUT2D eigenvalue weighted by molar-refractivity contribution is 0.173. The van der Waals surface area contributed by atoms with E-state index in [1.165, 1.54) is 4.31 Å². The molecule has 0 bridgehead atoms. The van der Waals surface area contributed by atoms with Gasteiger partial charge in [-0.05, 0) is 20.8 Å². The van der Waals surface area contributed by atoms with Crippen LogP contribution in [0.2, 0.25) is 0 Å². The minimum atomic E-state index is -3.29. The summed E-state index contributed by atoms with van der Waals surface area (Å²) in [5.74, 6) is 0. The molecule has 0 atom stereocenters. The first-order valence-electron chi connectivity index (χ1n) is 4.29. The average molecular weight is 207 g/mol. The highest BCUT2D eigenvalue weighted by Crippen LogP contribution is 2.19. The van der Waals surface area contributed by atoms with Gasteiger partial charge in [0.05, 0.1) is 0 Å². The zero-order chi connectivity index (χ0) is 10.3. The number of hydrogen-bond donors (Lipinski definition) is 2. The van der Waals surface area contributed by atoms with E-state index in [4.69, 9.17) is 5.73 Å². The topological polar surface area (TPSA) is 75.4 Å². The van der Waals surface area contributed by atoms with Crippen LogP contribution in [0.3, 0.4) is 0 Å². The Morgan fingerprint density at radius 2 is 1.92 bits per heavy atom. The third-order valence-corrected chi connectivity index (χ3v) is 3.51. The summed E-state index contributed by atoms with van der Waals surface area (Å²) in [5.41, 5.74) is 5.35. The molecule has 0 amide bonds. The van der Waals surface area contributed by atoms with E-state index < -0.39 is 10.2 Å². The lowest BCUT2D eigenvalue weighted by Gasteiger charge is -2.44. The molecule has 0 aromatic heterocycles. The normalized spacial score (nSPS) is 23.2. The Bertz CT molecular complexity index is 276. The van der Waals surface area contributed by atoms with Crippen molar-refractivity contribution in [3.8, 4) is 0 Å². The predicted octanol–water partition coefficient (Wildman–Crippen LogP) is -0.738. The van der Waals surface area contributed by atoms with Crippen LogP contribution in [0.4, 0.5) is 0 Å². The minimum absolute atomic E-state index is 0.0744. The largest absolute Gasteiger partial charge is 0.323 e. The monoisotopic (exact) mass is 207 g/mol. The van der Waals surface area contributed by atoms with Crippen molar-refractivity contribution < 1.29 is 8.42 Å². The van der Waals surface area contributed by atoms with Gasteiger partial charge in [-0.25, -0.2) is 0 Å².